The smallest absolute Gasteiger partial charge is 0.311 e. The van der Waals surface area contributed by atoms with Crippen LogP contribution in [0.25, 0.3) is 0 Å². The number of hydrogen-bond donors (Lipinski definition) is 0. The number of carbonyl (C=O) groups is 2. The minimum absolute atomic E-state index is 0.208. The topological polar surface area (TPSA) is 102 Å². The Kier molecular flexibility index (Phi) is 19.7. The first kappa shape index (κ1) is 40.9. The van der Waals surface area contributed by atoms with Crippen LogP contribution in [0, 0.1) is 23.7 Å². The number of ether oxygens (including phenoxy) is 2. The normalized spacial score (nSPS) is 10.7. The van der Waals surface area contributed by atoms with Crippen LogP contribution in [0.15, 0.2) is 130 Å². The van der Waals surface area contributed by atoms with E-state index in [9.17, 15) is 9.59 Å². The lowest BCUT2D eigenvalue weighted by Gasteiger charge is -2.04. The molecule has 0 unspecified atom stereocenters. The van der Waals surface area contributed by atoms with Crippen molar-refractivity contribution < 1.29 is 19.1 Å². The first-order valence-corrected chi connectivity index (χ1v) is 19.1. The van der Waals surface area contributed by atoms with E-state index >= 15 is 0 Å². The summed E-state index contributed by atoms with van der Waals surface area (Å²) in [6, 6.07) is 33.2. The van der Waals surface area contributed by atoms with Crippen LogP contribution in [0.3, 0.4) is 0 Å². The molecule has 0 aliphatic heterocycles. The molecule has 0 saturated carbocycles. The molecule has 0 aliphatic carbocycles. The molecule has 0 spiro atoms. The largest absolute Gasteiger partial charge is 0.427 e. The van der Waals surface area contributed by atoms with Crippen LogP contribution in [0.2, 0.25) is 0 Å². The molecule has 0 fully saturated rings. The molecule has 54 heavy (non-hydrogen) atoms. The van der Waals surface area contributed by atoms with Gasteiger partial charge in [0.2, 0.25) is 0 Å². The number of hydrogen-bond acceptors (Lipinski definition) is 8. The molecule has 0 aliphatic rings. The van der Waals surface area contributed by atoms with Crippen LogP contribution < -0.4 is 9.47 Å². The number of unbranched alkanes of at least 4 members (excludes halogenated alkanes) is 12. The molecule has 8 heteroatoms. The van der Waals surface area contributed by atoms with Crippen molar-refractivity contribution in [1.82, 2.24) is 0 Å². The Morgan fingerprint density at radius 3 is 1.07 bits per heavy atom. The van der Waals surface area contributed by atoms with E-state index in [1.807, 2.05) is 60.7 Å². The second-order valence-corrected chi connectivity index (χ2v) is 12.9. The zero-order chi connectivity index (χ0) is 37.7. The molecular formula is C46H50N4O4. The molecule has 0 heterocycles. The van der Waals surface area contributed by atoms with E-state index in [1.165, 1.54) is 0 Å². The molecule has 4 aromatic rings. The van der Waals surface area contributed by atoms with Crippen molar-refractivity contribution in [2.24, 2.45) is 20.5 Å². The summed E-state index contributed by atoms with van der Waals surface area (Å²) in [4.78, 5) is 24.4. The summed E-state index contributed by atoms with van der Waals surface area (Å²) >= 11 is 0. The van der Waals surface area contributed by atoms with Gasteiger partial charge in [-0.15, -0.1) is 0 Å². The van der Waals surface area contributed by atoms with Crippen LogP contribution >= 0.6 is 0 Å². The number of azo groups is 2. The van der Waals surface area contributed by atoms with E-state index in [2.05, 4.69) is 44.1 Å². The van der Waals surface area contributed by atoms with Crippen LogP contribution in [-0.2, 0) is 9.59 Å². The lowest BCUT2D eigenvalue weighted by Crippen LogP contribution is -2.07. The van der Waals surface area contributed by atoms with Crippen LogP contribution in [0.4, 0.5) is 22.7 Å². The van der Waals surface area contributed by atoms with E-state index in [4.69, 9.17) is 9.47 Å². The van der Waals surface area contributed by atoms with Crippen molar-refractivity contribution in [2.45, 2.75) is 103 Å². The summed E-state index contributed by atoms with van der Waals surface area (Å²) in [6.45, 7) is 0. The highest BCUT2D eigenvalue weighted by Crippen LogP contribution is 2.23. The van der Waals surface area contributed by atoms with Crippen molar-refractivity contribution in [3.63, 3.8) is 0 Å². The van der Waals surface area contributed by atoms with E-state index in [-0.39, 0.29) is 11.9 Å². The van der Waals surface area contributed by atoms with Gasteiger partial charge in [0, 0.05) is 25.7 Å². The highest BCUT2D eigenvalue weighted by molar-refractivity contribution is 5.73. The summed E-state index contributed by atoms with van der Waals surface area (Å²) in [5, 5.41) is 16.8. The van der Waals surface area contributed by atoms with Gasteiger partial charge in [0.1, 0.15) is 11.5 Å². The predicted molar refractivity (Wildman–Crippen MR) is 215 cm³/mol. The number of rotatable bonds is 22. The molecule has 8 nitrogen and oxygen atoms in total. The summed E-state index contributed by atoms with van der Waals surface area (Å²) in [5.41, 5.74) is 2.97. The molecule has 4 aromatic carbocycles. The number of esters is 2. The fourth-order valence-electron chi connectivity index (χ4n) is 5.34. The maximum atomic E-state index is 12.2. The second-order valence-electron chi connectivity index (χ2n) is 12.9. The second kappa shape index (κ2) is 26.0. The molecule has 4 rings (SSSR count). The third-order valence-electron chi connectivity index (χ3n) is 8.32. The lowest BCUT2D eigenvalue weighted by molar-refractivity contribution is -0.135. The van der Waals surface area contributed by atoms with Gasteiger partial charge < -0.3 is 9.47 Å². The number of benzene rings is 4. The van der Waals surface area contributed by atoms with E-state index in [1.54, 1.807) is 48.5 Å². The summed E-state index contributed by atoms with van der Waals surface area (Å²) in [6.07, 6.45) is 15.2. The summed E-state index contributed by atoms with van der Waals surface area (Å²) in [5.74, 6) is 12.9. The van der Waals surface area contributed by atoms with Crippen molar-refractivity contribution in [3.8, 4) is 35.2 Å². The van der Waals surface area contributed by atoms with Gasteiger partial charge in [0.25, 0.3) is 0 Å². The van der Waals surface area contributed by atoms with Crippen molar-refractivity contribution >= 4 is 34.7 Å². The summed E-state index contributed by atoms with van der Waals surface area (Å²) < 4.78 is 10.9. The zero-order valence-electron chi connectivity index (χ0n) is 31.1. The minimum atomic E-state index is -0.208. The van der Waals surface area contributed by atoms with Gasteiger partial charge in [0.15, 0.2) is 0 Å². The van der Waals surface area contributed by atoms with E-state index in [0.717, 1.165) is 101 Å². The zero-order valence-corrected chi connectivity index (χ0v) is 31.1. The first-order chi connectivity index (χ1) is 26.6. The fourth-order valence-corrected chi connectivity index (χ4v) is 5.34. The van der Waals surface area contributed by atoms with Gasteiger partial charge in [-0.25, -0.2) is 0 Å². The fraction of sp³-hybridized carbons (Fsp3) is 0.348. The SMILES string of the molecule is O=C(CCCCCCCCC#CC#CCCCCCCCCC(=O)Oc1ccc(N=Nc2ccccc2)cc1)Oc1ccc(N=Nc2ccccc2)cc1. The Hall–Kier alpha value is -5.86. The van der Waals surface area contributed by atoms with Crippen LogP contribution in [0.5, 0.6) is 11.5 Å². The average Bonchev–Trinajstić information content (AvgIpc) is 3.20. The Morgan fingerprint density at radius 2 is 0.704 bits per heavy atom. The van der Waals surface area contributed by atoms with Crippen molar-refractivity contribution in [3.05, 3.63) is 109 Å². The molecule has 0 saturated heterocycles. The Balaban J connectivity index is 0.898. The van der Waals surface area contributed by atoms with Gasteiger partial charge in [-0.05, 0) is 110 Å². The molecule has 0 aromatic heterocycles. The maximum absolute atomic E-state index is 12.2. The number of nitrogens with zero attached hydrogens (tertiary/aromatic N) is 4. The molecule has 278 valence electrons. The third-order valence-corrected chi connectivity index (χ3v) is 8.32. The van der Waals surface area contributed by atoms with Gasteiger partial charge in [-0.2, -0.15) is 20.5 Å². The maximum Gasteiger partial charge on any atom is 0.311 e. The first-order valence-electron chi connectivity index (χ1n) is 19.1. The minimum Gasteiger partial charge on any atom is -0.427 e. The van der Waals surface area contributed by atoms with Gasteiger partial charge in [0.05, 0.1) is 22.7 Å². The highest BCUT2D eigenvalue weighted by atomic mass is 16.5. The molecule has 0 bridgehead atoms. The van der Waals surface area contributed by atoms with Gasteiger partial charge in [-0.1, -0.05) is 99.6 Å². The van der Waals surface area contributed by atoms with Gasteiger partial charge in [-0.3, -0.25) is 9.59 Å². The average molecular weight is 723 g/mol. The lowest BCUT2D eigenvalue weighted by atomic mass is 10.1. The molecule has 0 N–H and O–H groups in total. The van der Waals surface area contributed by atoms with Crippen LogP contribution in [-0.4, -0.2) is 11.9 Å². The van der Waals surface area contributed by atoms with E-state index in [0.29, 0.717) is 35.7 Å². The molecule has 0 atom stereocenters. The predicted octanol–water partition coefficient (Wildman–Crippen LogP) is 13.3. The Bertz CT molecular complexity index is 1710. The highest BCUT2D eigenvalue weighted by Gasteiger charge is 2.06. The summed E-state index contributed by atoms with van der Waals surface area (Å²) in [7, 11) is 0. The van der Waals surface area contributed by atoms with Crippen molar-refractivity contribution in [2.75, 3.05) is 0 Å². The Morgan fingerprint density at radius 1 is 0.389 bits per heavy atom. The van der Waals surface area contributed by atoms with Crippen LogP contribution in [0.1, 0.15) is 103 Å². The van der Waals surface area contributed by atoms with E-state index < -0.39 is 0 Å². The quantitative estimate of drug-likeness (QED) is 0.0265. The van der Waals surface area contributed by atoms with Gasteiger partial charge >= 0.3 is 11.9 Å². The molecular weight excluding hydrogens is 673 g/mol. The van der Waals surface area contributed by atoms with Crippen molar-refractivity contribution in [1.29, 1.82) is 0 Å². The Labute approximate surface area is 320 Å². The third kappa shape index (κ3) is 18.6. The number of carbonyl (C=O) groups excluding carboxylic acids is 2. The molecule has 0 radical (unpaired) electrons. The standard InChI is InChI=1S/C46H50N4O4/c51-45(53-43-35-31-41(32-36-43)49-47-39-25-19-17-20-26-39)29-23-15-13-11-9-7-5-3-1-2-4-6-8-10-12-14-16-24-30-46(52)54-44-37-33-42(34-38-44)50-48-40-27-21-18-22-28-40/h17-22,25-28,31-38H,5-16,23-24,29-30H2. The monoisotopic (exact) mass is 722 g/mol. The molecule has 0 amide bonds.